The van der Waals surface area contributed by atoms with Gasteiger partial charge in [0.15, 0.2) is 0 Å². The van der Waals surface area contributed by atoms with E-state index in [1.54, 1.807) is 7.11 Å². The molecule has 1 amide bonds. The van der Waals surface area contributed by atoms with Crippen LogP contribution in [0.2, 0.25) is 0 Å². The molecule has 0 N–H and O–H groups in total. The number of amides is 1. The number of hydrogen-bond acceptors (Lipinski definition) is 5. The Morgan fingerprint density at radius 2 is 2.03 bits per heavy atom. The van der Waals surface area contributed by atoms with Crippen LogP contribution in [0.3, 0.4) is 0 Å². The summed E-state index contributed by atoms with van der Waals surface area (Å²) in [6.45, 7) is 4.46. The molecule has 2 aliphatic rings. The Balaban J connectivity index is 1.36. The predicted octanol–water partition coefficient (Wildman–Crippen LogP) is 3.66. The molecule has 5 rings (SSSR count). The summed E-state index contributed by atoms with van der Waals surface area (Å²) in [5.74, 6) is 0.818. The average molecular weight is 449 g/mol. The number of piperidine rings is 1. The molecule has 2 aromatic heterocycles. The van der Waals surface area contributed by atoms with Gasteiger partial charge in [-0.1, -0.05) is 0 Å². The number of hydrogen-bond donors (Lipinski definition) is 0. The average Bonchev–Trinajstić information content (AvgIpc) is 3.23. The highest BCUT2D eigenvalue weighted by Gasteiger charge is 2.27. The lowest BCUT2D eigenvalue weighted by atomic mass is 10.0. The van der Waals surface area contributed by atoms with E-state index >= 15 is 0 Å². The van der Waals surface area contributed by atoms with Crippen molar-refractivity contribution in [2.45, 2.75) is 25.7 Å². The maximum Gasteiger partial charge on any atom is 0.257 e. The van der Waals surface area contributed by atoms with Crippen molar-refractivity contribution in [1.82, 2.24) is 14.3 Å². The maximum atomic E-state index is 13.7. The van der Waals surface area contributed by atoms with Gasteiger partial charge in [0, 0.05) is 56.4 Å². The van der Waals surface area contributed by atoms with Crippen LogP contribution in [0.5, 0.6) is 5.75 Å². The Hall–Kier alpha value is -3.06. The van der Waals surface area contributed by atoms with Crippen LogP contribution in [-0.4, -0.2) is 66.7 Å². The van der Waals surface area contributed by atoms with Gasteiger partial charge in [-0.3, -0.25) is 9.78 Å². The van der Waals surface area contributed by atoms with Crippen LogP contribution in [-0.2, 0) is 11.2 Å². The Morgan fingerprint density at radius 1 is 1.15 bits per heavy atom. The molecule has 0 radical (unpaired) electrons. The number of aromatic nitrogens is 2. The van der Waals surface area contributed by atoms with Crippen LogP contribution < -0.4 is 9.64 Å². The Bertz CT molecular complexity index is 1110. The first-order valence-electron chi connectivity index (χ1n) is 11.9. The van der Waals surface area contributed by atoms with Crippen molar-refractivity contribution >= 4 is 17.1 Å². The van der Waals surface area contributed by atoms with E-state index in [-0.39, 0.29) is 11.8 Å². The molecule has 2 fully saturated rings. The molecule has 174 valence electrons. The molecule has 0 saturated carbocycles. The number of ether oxygens (including phenoxy) is 2. The molecule has 0 bridgehead atoms. The summed E-state index contributed by atoms with van der Waals surface area (Å²) in [5, 5.41) is 0. The molecule has 2 saturated heterocycles. The zero-order valence-corrected chi connectivity index (χ0v) is 19.3. The minimum Gasteiger partial charge on any atom is -0.496 e. The molecule has 7 heteroatoms. The monoisotopic (exact) mass is 448 g/mol. The topological polar surface area (TPSA) is 59.3 Å². The summed E-state index contributed by atoms with van der Waals surface area (Å²) in [7, 11) is 1.63. The van der Waals surface area contributed by atoms with Crippen molar-refractivity contribution in [3.05, 3.63) is 60.2 Å². The lowest BCUT2D eigenvalue weighted by Gasteiger charge is -2.30. The van der Waals surface area contributed by atoms with Crippen molar-refractivity contribution in [2.75, 3.05) is 51.4 Å². The molecule has 0 unspecified atom stereocenters. The third kappa shape index (κ3) is 4.69. The van der Waals surface area contributed by atoms with Crippen LogP contribution in [0, 0.1) is 5.92 Å². The third-order valence-electron chi connectivity index (χ3n) is 6.77. The van der Waals surface area contributed by atoms with Gasteiger partial charge in [-0.05, 0) is 56.0 Å². The zero-order valence-electron chi connectivity index (χ0n) is 19.3. The molecule has 4 heterocycles. The normalized spacial score (nSPS) is 19.5. The molecule has 33 heavy (non-hydrogen) atoms. The quantitative estimate of drug-likeness (QED) is 0.596. The van der Waals surface area contributed by atoms with E-state index in [0.717, 1.165) is 36.4 Å². The predicted molar refractivity (Wildman–Crippen MR) is 128 cm³/mol. The van der Waals surface area contributed by atoms with Crippen molar-refractivity contribution in [3.8, 4) is 5.75 Å². The van der Waals surface area contributed by atoms with Crippen LogP contribution in [0.4, 0.5) is 5.69 Å². The highest BCUT2D eigenvalue weighted by Crippen LogP contribution is 2.29. The highest BCUT2D eigenvalue weighted by molar-refractivity contribution is 5.98. The molecule has 7 nitrogen and oxygen atoms in total. The van der Waals surface area contributed by atoms with Crippen molar-refractivity contribution in [1.29, 1.82) is 0 Å². The first kappa shape index (κ1) is 21.8. The van der Waals surface area contributed by atoms with E-state index in [4.69, 9.17) is 9.47 Å². The standard InChI is InChI=1S/C26H32N4O3/c1-32-25-8-7-21(28-10-3-2-4-11-28)17-22(25)26(31)30-14-15-33-19-20(18-30)16-23-24-6-5-12-29(24)13-9-27-23/h5-9,12-13,17,20H,2-4,10-11,14-16,18-19H2,1H3/t20-/m1/s1. The van der Waals surface area contributed by atoms with Crippen LogP contribution in [0.1, 0.15) is 35.3 Å². The van der Waals surface area contributed by atoms with Gasteiger partial charge in [0.1, 0.15) is 5.75 Å². The first-order valence-corrected chi connectivity index (χ1v) is 11.9. The molecule has 0 aliphatic carbocycles. The molecular weight excluding hydrogens is 416 g/mol. The van der Waals surface area contributed by atoms with Crippen LogP contribution in [0.15, 0.2) is 48.9 Å². The summed E-state index contributed by atoms with van der Waals surface area (Å²) >= 11 is 0. The second-order valence-electron chi connectivity index (χ2n) is 9.00. The van der Waals surface area contributed by atoms with E-state index in [0.29, 0.717) is 37.6 Å². The number of nitrogens with zero attached hydrogens (tertiary/aromatic N) is 4. The second kappa shape index (κ2) is 9.83. The van der Waals surface area contributed by atoms with E-state index in [1.165, 1.54) is 19.3 Å². The lowest BCUT2D eigenvalue weighted by molar-refractivity contribution is 0.0734. The summed E-state index contributed by atoms with van der Waals surface area (Å²) < 4.78 is 13.6. The summed E-state index contributed by atoms with van der Waals surface area (Å²) in [5.41, 5.74) is 3.88. The number of anilines is 1. The summed E-state index contributed by atoms with van der Waals surface area (Å²) in [4.78, 5) is 22.6. The van der Waals surface area contributed by atoms with Gasteiger partial charge in [-0.25, -0.2) is 0 Å². The number of methoxy groups -OCH3 is 1. The van der Waals surface area contributed by atoms with Gasteiger partial charge in [-0.2, -0.15) is 0 Å². The number of fused-ring (bicyclic) bond motifs is 1. The lowest BCUT2D eigenvalue weighted by Crippen LogP contribution is -2.37. The molecular formula is C26H32N4O3. The Morgan fingerprint density at radius 3 is 2.88 bits per heavy atom. The largest absolute Gasteiger partial charge is 0.496 e. The number of carbonyl (C=O) groups excluding carboxylic acids is 1. The molecule has 0 spiro atoms. The van der Waals surface area contributed by atoms with Crippen molar-refractivity contribution in [2.24, 2.45) is 5.92 Å². The fourth-order valence-corrected chi connectivity index (χ4v) is 5.03. The SMILES string of the molecule is COc1ccc(N2CCCCC2)cc1C(=O)N1CCOC[C@H](Cc2nccn3cccc23)C1. The first-order chi connectivity index (χ1) is 16.2. The number of rotatable bonds is 5. The van der Waals surface area contributed by atoms with Gasteiger partial charge in [0.05, 0.1) is 37.1 Å². The number of benzene rings is 1. The van der Waals surface area contributed by atoms with Gasteiger partial charge in [0.25, 0.3) is 5.91 Å². The third-order valence-corrected chi connectivity index (χ3v) is 6.77. The second-order valence-corrected chi connectivity index (χ2v) is 9.00. The van der Waals surface area contributed by atoms with E-state index in [2.05, 4.69) is 26.4 Å². The van der Waals surface area contributed by atoms with Gasteiger partial charge < -0.3 is 23.7 Å². The van der Waals surface area contributed by atoms with E-state index < -0.39 is 0 Å². The fourth-order valence-electron chi connectivity index (χ4n) is 5.03. The molecule has 3 aromatic rings. The van der Waals surface area contributed by atoms with Crippen molar-refractivity contribution in [3.63, 3.8) is 0 Å². The summed E-state index contributed by atoms with van der Waals surface area (Å²) in [6, 6.07) is 10.1. The smallest absolute Gasteiger partial charge is 0.257 e. The highest BCUT2D eigenvalue weighted by atomic mass is 16.5. The fraction of sp³-hybridized carbons (Fsp3) is 0.462. The van der Waals surface area contributed by atoms with Crippen LogP contribution in [0.25, 0.3) is 5.52 Å². The Labute approximate surface area is 194 Å². The molecule has 2 aliphatic heterocycles. The molecule has 1 atom stereocenters. The zero-order chi connectivity index (χ0) is 22.6. The summed E-state index contributed by atoms with van der Waals surface area (Å²) in [6.07, 6.45) is 10.3. The van der Waals surface area contributed by atoms with E-state index in [9.17, 15) is 4.79 Å². The van der Waals surface area contributed by atoms with Gasteiger partial charge >= 0.3 is 0 Å². The minimum absolute atomic E-state index is 0.00932. The number of carbonyl (C=O) groups is 1. The van der Waals surface area contributed by atoms with Crippen LogP contribution >= 0.6 is 0 Å². The van der Waals surface area contributed by atoms with Crippen molar-refractivity contribution < 1.29 is 14.3 Å². The molecule has 1 aromatic carbocycles. The van der Waals surface area contributed by atoms with Gasteiger partial charge in [0.2, 0.25) is 0 Å². The maximum absolute atomic E-state index is 13.7. The minimum atomic E-state index is 0.00932. The van der Waals surface area contributed by atoms with Gasteiger partial charge in [-0.15, -0.1) is 0 Å². The van der Waals surface area contributed by atoms with E-state index in [1.807, 2.05) is 41.7 Å². The Kier molecular flexibility index (Phi) is 6.48.